The lowest BCUT2D eigenvalue weighted by molar-refractivity contribution is -0.178. The maximum atomic E-state index is 13.1. The molecule has 7 N–H and O–H groups in total. The summed E-state index contributed by atoms with van der Waals surface area (Å²) in [5.74, 6) is 3.17. The first-order chi connectivity index (χ1) is 66.1. The van der Waals surface area contributed by atoms with E-state index in [4.69, 9.17) is 48.7 Å². The lowest BCUT2D eigenvalue weighted by atomic mass is 9.49. The van der Waals surface area contributed by atoms with Crippen molar-refractivity contribution in [3.8, 4) is 11.4 Å². The highest BCUT2D eigenvalue weighted by Gasteiger charge is 2.56. The third kappa shape index (κ3) is 38.8. The number of aliphatic imine (C=N–C) groups is 1. The zero-order valence-corrected chi connectivity index (χ0v) is 86.4. The summed E-state index contributed by atoms with van der Waals surface area (Å²) in [4.78, 5) is 118. The van der Waals surface area contributed by atoms with Crippen LogP contribution in [0.25, 0.3) is 22.4 Å². The molecular weight excluding hydrogens is 1780 g/mol. The average Bonchev–Trinajstić information content (AvgIpc) is 0.931. The maximum Gasteiger partial charge on any atom is 0.420 e. The highest BCUT2D eigenvalue weighted by atomic mass is 16.6. The molecule has 3 saturated heterocycles. The number of likely N-dealkylation sites (tertiary alicyclic amines) is 3. The van der Waals surface area contributed by atoms with E-state index in [9.17, 15) is 53.4 Å². The maximum absolute atomic E-state index is 13.1. The zero-order valence-electron chi connectivity index (χ0n) is 86.4. The number of hydrogen-bond acceptors (Lipinski definition) is 22. The first kappa shape index (κ1) is 114. The number of carbonyl (C=O) groups is 9. The molecule has 1 aromatic heterocycles. The van der Waals surface area contributed by atoms with E-state index < -0.39 is 58.5 Å². The van der Waals surface area contributed by atoms with Gasteiger partial charge in [0.15, 0.2) is 12.1 Å². The van der Waals surface area contributed by atoms with Crippen LogP contribution in [0.4, 0.5) is 40.1 Å². The molecule has 140 heavy (non-hydrogen) atoms. The minimum absolute atomic E-state index is 0.0159. The number of alkyl carbamates (subject to hydrolysis) is 2. The van der Waals surface area contributed by atoms with E-state index in [0.29, 0.717) is 108 Å². The van der Waals surface area contributed by atoms with Gasteiger partial charge in [0.2, 0.25) is 0 Å². The number of nitrogens with one attached hydrogen (secondary N) is 2. The van der Waals surface area contributed by atoms with Gasteiger partial charge in [0.25, 0.3) is 6.47 Å². The molecule has 1 unspecified atom stereocenters. The number of para-hydroxylation sites is 4. The summed E-state index contributed by atoms with van der Waals surface area (Å²) in [5.41, 5.74) is 15.3. The second kappa shape index (κ2) is 53.9. The number of rotatable bonds is 18. The van der Waals surface area contributed by atoms with E-state index in [2.05, 4.69) is 109 Å². The van der Waals surface area contributed by atoms with Crippen molar-refractivity contribution in [1.82, 2.24) is 34.9 Å². The predicted molar refractivity (Wildman–Crippen MR) is 545 cm³/mol. The van der Waals surface area contributed by atoms with Crippen LogP contribution in [0, 0.1) is 23.2 Å². The number of aromatic nitrogens is 2. The zero-order chi connectivity index (χ0) is 103. The van der Waals surface area contributed by atoms with Crippen molar-refractivity contribution < 1.29 is 96.4 Å². The number of esters is 1. The predicted octanol–water partition coefficient (Wildman–Crippen LogP) is 23.2. The number of carboxylic acid groups (broad SMARTS) is 1. The van der Waals surface area contributed by atoms with Gasteiger partial charge in [-0.15, -0.1) is 0 Å². The van der Waals surface area contributed by atoms with Gasteiger partial charge < -0.3 is 79.4 Å². The fourth-order valence-corrected chi connectivity index (χ4v) is 18.1. The van der Waals surface area contributed by atoms with Crippen LogP contribution < -0.4 is 16.4 Å². The number of aliphatic carboxylic acids is 1. The van der Waals surface area contributed by atoms with Crippen molar-refractivity contribution in [2.45, 2.75) is 350 Å². The van der Waals surface area contributed by atoms with Gasteiger partial charge in [0.05, 0.1) is 40.1 Å². The Morgan fingerprint density at radius 2 is 1.01 bits per heavy atom. The lowest BCUT2D eigenvalue weighted by Crippen LogP contribution is -2.51. The lowest BCUT2D eigenvalue weighted by Gasteiger charge is -2.55. The molecular formula is C111H159N9O20. The van der Waals surface area contributed by atoms with Crippen molar-refractivity contribution in [2.24, 2.45) is 28.2 Å². The number of nitrogen functional groups attached to an aromatic ring is 1. The van der Waals surface area contributed by atoms with Crippen LogP contribution >= 0.6 is 0 Å². The SMILES string of the molecule is CC(C)(C)OC(=O)N1CCC(O)CC1.CC(C)(C)OC(=O)N1CCCCC1OC=O.CC(C)(C)OC(=O)NC1CCC(OC(=O)C23CC4CC(CC(C4)C2)C3)CC1.CC(C)(C)OC(=O)NCCCCC(=O)O.CC(C)c1cccc(C(C)C)c1N.CCC(C)(C)OC(=O)N1CCC(O)CC1.O=C(OCc1ccccc1)n1c(-c2ccccc2)nc2ccccc21.c1ccc(C2=Nc3ccccc3C2)cc1. The van der Waals surface area contributed by atoms with Crippen molar-refractivity contribution in [1.29, 1.82) is 0 Å². The fourth-order valence-electron chi connectivity index (χ4n) is 18.1. The van der Waals surface area contributed by atoms with E-state index in [1.165, 1.54) is 56.7 Å². The Balaban J connectivity index is 0.000000199. The summed E-state index contributed by atoms with van der Waals surface area (Å²) in [6, 6.07) is 52.0. The van der Waals surface area contributed by atoms with Gasteiger partial charge in [0.1, 0.15) is 40.7 Å². The number of amides is 5. The van der Waals surface area contributed by atoms with E-state index in [0.717, 1.165) is 122 Å². The number of benzene rings is 6. The number of nitrogens with two attached hydrogens (primary N) is 1. The number of hydrogen-bond donors (Lipinski definition) is 6. The molecule has 29 heteroatoms. The minimum atomic E-state index is -0.813. The molecule has 9 aliphatic rings. The van der Waals surface area contributed by atoms with Gasteiger partial charge >= 0.3 is 48.5 Å². The number of carboxylic acids is 1. The van der Waals surface area contributed by atoms with Crippen molar-refractivity contribution >= 4 is 83.1 Å². The first-order valence-electron chi connectivity index (χ1n) is 50.2. The molecule has 7 aromatic rings. The number of aliphatic hydroxyl groups is 2. The van der Waals surface area contributed by atoms with E-state index in [1.54, 1.807) is 30.6 Å². The van der Waals surface area contributed by atoms with E-state index in [-0.39, 0.29) is 67.0 Å². The van der Waals surface area contributed by atoms with Crippen molar-refractivity contribution in [2.75, 3.05) is 45.0 Å². The highest BCUT2D eigenvalue weighted by Crippen LogP contribution is 2.61. The van der Waals surface area contributed by atoms with Crippen molar-refractivity contribution in [3.63, 3.8) is 0 Å². The molecule has 768 valence electrons. The molecule has 5 amide bonds. The summed E-state index contributed by atoms with van der Waals surface area (Å²) in [7, 11) is 0. The molecule has 1 atom stereocenters. The molecule has 8 fully saturated rings. The van der Waals surface area contributed by atoms with Crippen LogP contribution in [-0.2, 0) is 65.3 Å². The number of carbonyl (C=O) groups excluding carboxylic acids is 8. The molecule has 4 aliphatic heterocycles. The van der Waals surface area contributed by atoms with Gasteiger partial charge in [-0.3, -0.25) is 24.3 Å². The third-order valence-corrected chi connectivity index (χ3v) is 25.1. The van der Waals surface area contributed by atoms with E-state index >= 15 is 0 Å². The smallest absolute Gasteiger partial charge is 0.420 e. The highest BCUT2D eigenvalue weighted by molar-refractivity contribution is 6.06. The molecule has 29 nitrogen and oxygen atoms in total. The largest absolute Gasteiger partial charge is 0.481 e. The number of ether oxygens (including phenoxy) is 8. The number of piperidine rings is 3. The minimum Gasteiger partial charge on any atom is -0.481 e. The summed E-state index contributed by atoms with van der Waals surface area (Å²) >= 11 is 0. The number of imidazole rings is 1. The Bertz CT molecular complexity index is 5020. The normalized spacial score (nSPS) is 19.8. The summed E-state index contributed by atoms with van der Waals surface area (Å²) in [5, 5.41) is 32.4. The van der Waals surface area contributed by atoms with Crippen LogP contribution in [0.2, 0.25) is 0 Å². The summed E-state index contributed by atoms with van der Waals surface area (Å²) in [6.07, 6.45) is 15.7. The van der Waals surface area contributed by atoms with Crippen LogP contribution in [-0.4, -0.2) is 198 Å². The number of fused-ring (bicyclic) bond motifs is 2. The number of aliphatic hydroxyl groups excluding tert-OH is 2. The number of anilines is 1. The Morgan fingerprint density at radius 3 is 1.52 bits per heavy atom. The Hall–Kier alpha value is -11.6. The molecule has 5 saturated carbocycles. The molecule has 5 aliphatic carbocycles. The van der Waals surface area contributed by atoms with E-state index in [1.807, 2.05) is 180 Å². The first-order valence-corrected chi connectivity index (χ1v) is 50.2. The van der Waals surface area contributed by atoms with Gasteiger partial charge in [-0.1, -0.05) is 174 Å². The van der Waals surface area contributed by atoms with Crippen LogP contribution in [0.5, 0.6) is 0 Å². The van der Waals surface area contributed by atoms with Crippen LogP contribution in [0.3, 0.4) is 0 Å². The standard InChI is InChI=1S/C22H35NO4.C21H16N2O2.C14H11N.C12H19N.C11H19NO4.C11H21NO3.C10H19NO4.C10H19NO3/c1-21(2,3)27-20(25)23-17-4-6-18(7-5-17)26-19(24)22-11-14-8-15(12-22)10-16(9-14)13-22;24-21(25-15-16-9-3-1-4-10-16)23-19-14-8-7-13-18(19)22-20(23)17-11-5-2-6-12-17;1-2-6-11(7-3-1)14-10-12-8-4-5-9-13(12)15-14;1-8(2)10-6-5-7-11(9(3)4)12(10)13;1-11(2,3)16-10(14)12-7-5-4-6-9(12)15-8-13;1-4-11(2,3)15-10(14)12-7-5-9(13)6-8-12;1-10(2,3)15-9(14)11-7-5-4-6-8(12)13;1-10(2,3)14-9(13)11-6-4-8(12)5-7-11/h14-18H,4-13H2,1-3H3,(H,23,25);1-14H,15H2;1-9H,10H2;5-9H,13H2,1-4H3;8-9H,4-7H2,1-3H3;9,13H,4-8H2,1-3H3;4-7H2,1-3H3,(H,11,14)(H,12,13);8,12H,4-7H2,1-3H3. The second-order valence-electron chi connectivity index (χ2n) is 42.8. The van der Waals surface area contributed by atoms with Crippen molar-refractivity contribution in [3.05, 3.63) is 186 Å². The van der Waals surface area contributed by atoms with Crippen LogP contribution in [0.1, 0.15) is 306 Å². The monoisotopic (exact) mass is 1940 g/mol. The Kier molecular flexibility index (Phi) is 43.7. The van der Waals surface area contributed by atoms with Gasteiger partial charge in [-0.05, 0) is 295 Å². The number of unbranched alkanes of at least 4 members (excludes halogenated alkanes) is 1. The Labute approximate surface area is 829 Å². The van der Waals surface area contributed by atoms with Gasteiger partial charge in [-0.2, -0.15) is 0 Å². The summed E-state index contributed by atoms with van der Waals surface area (Å²) in [6.45, 7) is 40.5. The molecule has 6 aromatic carbocycles. The molecule has 5 heterocycles. The topological polar surface area (TPSA) is 378 Å². The van der Waals surface area contributed by atoms with Gasteiger partial charge in [0, 0.05) is 75.8 Å². The molecule has 0 radical (unpaired) electrons. The summed E-state index contributed by atoms with van der Waals surface area (Å²) < 4.78 is 44.1. The fraction of sp³-hybridized carbons (Fsp3) is 0.577. The Morgan fingerprint density at radius 1 is 0.529 bits per heavy atom. The molecule has 0 spiro atoms. The van der Waals surface area contributed by atoms with Gasteiger partial charge in [-0.25, -0.2) is 38.3 Å². The van der Waals surface area contributed by atoms with Crippen LogP contribution in [0.15, 0.2) is 163 Å². The molecule has 16 rings (SSSR count). The average molecular weight is 1940 g/mol. The third-order valence-electron chi connectivity index (χ3n) is 25.1. The molecule has 4 bridgehead atoms. The quantitative estimate of drug-likeness (QED) is 0.0153. The number of nitrogens with zero attached hydrogens (tertiary/aromatic N) is 6. The second-order valence-corrected chi connectivity index (χ2v) is 42.8.